The molecule has 0 amide bonds. The van der Waals surface area contributed by atoms with Crippen LogP contribution in [0.25, 0.3) is 22.2 Å². The van der Waals surface area contributed by atoms with Gasteiger partial charge in [0.25, 0.3) is 0 Å². The van der Waals surface area contributed by atoms with E-state index in [1.807, 2.05) is 18.3 Å². The molecule has 1 aromatic carbocycles. The van der Waals surface area contributed by atoms with Crippen molar-refractivity contribution in [3.05, 3.63) is 41.7 Å². The van der Waals surface area contributed by atoms with E-state index in [2.05, 4.69) is 37.6 Å². The lowest BCUT2D eigenvalue weighted by atomic mass is 9.93. The maximum Gasteiger partial charge on any atom is 0.223 e. The lowest BCUT2D eigenvalue weighted by Crippen LogP contribution is -2.29. The Labute approximate surface area is 188 Å². The fourth-order valence-corrected chi connectivity index (χ4v) is 5.20. The molecular weight excluding hydrogens is 408 g/mol. The van der Waals surface area contributed by atoms with Gasteiger partial charge in [-0.25, -0.2) is 9.97 Å². The summed E-state index contributed by atoms with van der Waals surface area (Å²) < 4.78 is 0. The van der Waals surface area contributed by atoms with E-state index in [9.17, 15) is 0 Å². The van der Waals surface area contributed by atoms with Gasteiger partial charge in [-0.2, -0.15) is 0 Å². The molecule has 31 heavy (non-hydrogen) atoms. The molecule has 5 rings (SSSR count). The fourth-order valence-electron chi connectivity index (χ4n) is 5.00. The molecule has 164 valence electrons. The van der Waals surface area contributed by atoms with Crippen LogP contribution >= 0.6 is 11.6 Å². The minimum absolute atomic E-state index is 0.385. The summed E-state index contributed by atoms with van der Waals surface area (Å²) >= 11 is 6.47. The van der Waals surface area contributed by atoms with Gasteiger partial charge in [0, 0.05) is 41.8 Å². The molecule has 2 saturated heterocycles. The number of aromatic nitrogens is 3. The number of piperidine rings is 1. The van der Waals surface area contributed by atoms with Crippen molar-refractivity contribution in [1.29, 1.82) is 0 Å². The van der Waals surface area contributed by atoms with E-state index < -0.39 is 0 Å². The number of H-pyrrole nitrogens is 1. The summed E-state index contributed by atoms with van der Waals surface area (Å²) in [5.74, 6) is 1.58. The summed E-state index contributed by atoms with van der Waals surface area (Å²) in [5.41, 5.74) is 2.86. The van der Waals surface area contributed by atoms with Crippen LogP contribution in [0.4, 0.5) is 5.95 Å². The predicted octanol–water partition coefficient (Wildman–Crippen LogP) is 4.54. The molecule has 0 spiro atoms. The first kappa shape index (κ1) is 20.7. The summed E-state index contributed by atoms with van der Waals surface area (Å²) in [7, 11) is 0. The monoisotopic (exact) mass is 438 g/mol. The molecule has 0 radical (unpaired) electrons. The molecule has 0 unspecified atom stereocenters. The van der Waals surface area contributed by atoms with Gasteiger partial charge in [0.2, 0.25) is 5.95 Å². The Hall–Kier alpha value is -2.15. The molecule has 2 fully saturated rings. The summed E-state index contributed by atoms with van der Waals surface area (Å²) in [5, 5.41) is 8.70. The highest BCUT2D eigenvalue weighted by Gasteiger charge is 2.24. The van der Waals surface area contributed by atoms with Crippen molar-refractivity contribution < 1.29 is 0 Å². The molecule has 2 aliphatic rings. The topological polar surface area (TPSA) is 68.9 Å². The normalized spacial score (nSPS) is 20.5. The number of benzene rings is 1. The maximum absolute atomic E-state index is 6.47. The van der Waals surface area contributed by atoms with Crippen LogP contribution in [-0.4, -0.2) is 58.6 Å². The lowest BCUT2D eigenvalue weighted by Gasteiger charge is -2.23. The smallest absolute Gasteiger partial charge is 0.223 e. The summed E-state index contributed by atoms with van der Waals surface area (Å²) in [6, 6.07) is 8.59. The van der Waals surface area contributed by atoms with Gasteiger partial charge in [-0.05, 0) is 63.7 Å². The van der Waals surface area contributed by atoms with Crippen LogP contribution in [0.1, 0.15) is 32.1 Å². The zero-order valence-electron chi connectivity index (χ0n) is 17.9. The molecular formula is C24H31ClN6. The van der Waals surface area contributed by atoms with Crippen molar-refractivity contribution in [2.45, 2.75) is 38.1 Å². The second kappa shape index (κ2) is 9.55. The van der Waals surface area contributed by atoms with Crippen LogP contribution in [0.3, 0.4) is 0 Å². The second-order valence-electron chi connectivity index (χ2n) is 8.90. The molecule has 4 heterocycles. The summed E-state index contributed by atoms with van der Waals surface area (Å²) in [6.07, 6.45) is 10.2. The standard InChI is InChI=1S/C24H31ClN6/c25-21-15-28-24(30-23(21)20-14-27-22-6-2-1-5-19(20)22)29-18-9-13-31(16-18)12-3-4-17-7-10-26-11-8-17/h1-2,5-6,14-15,17-18,26-27H,3-4,7-13,16H2,(H,28,29,30)/t18-/m1/s1. The molecule has 7 heteroatoms. The molecule has 2 aromatic heterocycles. The van der Waals surface area contributed by atoms with Gasteiger partial charge in [0.15, 0.2) is 0 Å². The highest BCUT2D eigenvalue weighted by Crippen LogP contribution is 2.32. The van der Waals surface area contributed by atoms with Gasteiger partial charge in [-0.15, -0.1) is 0 Å². The van der Waals surface area contributed by atoms with Gasteiger partial charge in [0.05, 0.1) is 16.9 Å². The van der Waals surface area contributed by atoms with Gasteiger partial charge in [-0.3, -0.25) is 0 Å². The zero-order chi connectivity index (χ0) is 21.0. The Bertz CT molecular complexity index is 1010. The van der Waals surface area contributed by atoms with Crippen LogP contribution in [0.5, 0.6) is 0 Å². The first-order chi connectivity index (χ1) is 15.3. The average Bonchev–Trinajstić information content (AvgIpc) is 3.43. The van der Waals surface area contributed by atoms with E-state index in [0.29, 0.717) is 17.0 Å². The molecule has 0 saturated carbocycles. The number of para-hydroxylation sites is 1. The molecule has 3 aromatic rings. The largest absolute Gasteiger partial charge is 0.360 e. The molecule has 0 bridgehead atoms. The van der Waals surface area contributed by atoms with E-state index in [1.54, 1.807) is 6.20 Å². The zero-order valence-corrected chi connectivity index (χ0v) is 18.7. The number of fused-ring (bicyclic) bond motifs is 1. The van der Waals surface area contributed by atoms with Crippen molar-refractivity contribution in [3.63, 3.8) is 0 Å². The van der Waals surface area contributed by atoms with Crippen LogP contribution in [0.15, 0.2) is 36.7 Å². The number of halogens is 1. The van der Waals surface area contributed by atoms with Crippen molar-refractivity contribution in [3.8, 4) is 11.3 Å². The SMILES string of the molecule is Clc1cnc(N[C@@H]2CCN(CCCC3CCNCC3)C2)nc1-c1c[nH]c2ccccc12. The van der Waals surface area contributed by atoms with Crippen molar-refractivity contribution >= 4 is 28.5 Å². The lowest BCUT2D eigenvalue weighted by molar-refractivity contribution is 0.291. The molecule has 2 aliphatic heterocycles. The number of hydrogen-bond donors (Lipinski definition) is 3. The van der Waals surface area contributed by atoms with Crippen LogP contribution in [-0.2, 0) is 0 Å². The average molecular weight is 439 g/mol. The summed E-state index contributed by atoms with van der Waals surface area (Å²) in [6.45, 7) is 5.79. The van der Waals surface area contributed by atoms with Crippen molar-refractivity contribution in [1.82, 2.24) is 25.2 Å². The van der Waals surface area contributed by atoms with Crippen LogP contribution in [0.2, 0.25) is 5.02 Å². The number of nitrogens with one attached hydrogen (secondary N) is 3. The van der Waals surface area contributed by atoms with Gasteiger partial charge in [-0.1, -0.05) is 29.8 Å². The number of nitrogens with zero attached hydrogens (tertiary/aromatic N) is 3. The number of rotatable bonds is 7. The third kappa shape index (κ3) is 4.86. The minimum Gasteiger partial charge on any atom is -0.360 e. The molecule has 6 nitrogen and oxygen atoms in total. The third-order valence-electron chi connectivity index (χ3n) is 6.74. The van der Waals surface area contributed by atoms with E-state index in [4.69, 9.17) is 16.6 Å². The van der Waals surface area contributed by atoms with Crippen LogP contribution < -0.4 is 10.6 Å². The van der Waals surface area contributed by atoms with Gasteiger partial charge >= 0.3 is 0 Å². The summed E-state index contributed by atoms with van der Waals surface area (Å²) in [4.78, 5) is 15.1. The van der Waals surface area contributed by atoms with E-state index in [0.717, 1.165) is 47.6 Å². The van der Waals surface area contributed by atoms with Crippen LogP contribution in [0, 0.1) is 5.92 Å². The third-order valence-corrected chi connectivity index (χ3v) is 7.02. The predicted molar refractivity (Wildman–Crippen MR) is 128 cm³/mol. The van der Waals surface area contributed by atoms with Crippen molar-refractivity contribution in [2.24, 2.45) is 5.92 Å². The highest BCUT2D eigenvalue weighted by atomic mass is 35.5. The minimum atomic E-state index is 0.385. The van der Waals surface area contributed by atoms with Gasteiger partial charge in [0.1, 0.15) is 0 Å². The maximum atomic E-state index is 6.47. The Morgan fingerprint density at radius 2 is 2.03 bits per heavy atom. The van der Waals surface area contributed by atoms with E-state index in [-0.39, 0.29) is 0 Å². The van der Waals surface area contributed by atoms with E-state index >= 15 is 0 Å². The molecule has 0 aliphatic carbocycles. The number of anilines is 1. The Kier molecular flexibility index (Phi) is 6.39. The van der Waals surface area contributed by atoms with Gasteiger partial charge < -0.3 is 20.5 Å². The Morgan fingerprint density at radius 1 is 1.16 bits per heavy atom. The molecule has 1 atom stereocenters. The number of likely N-dealkylation sites (tertiary alicyclic amines) is 1. The molecule has 3 N–H and O–H groups in total. The number of aromatic amines is 1. The first-order valence-electron chi connectivity index (χ1n) is 11.5. The number of hydrogen-bond acceptors (Lipinski definition) is 5. The first-order valence-corrected chi connectivity index (χ1v) is 11.9. The fraction of sp³-hybridized carbons (Fsp3) is 0.500. The Balaban J connectivity index is 1.19. The van der Waals surface area contributed by atoms with E-state index in [1.165, 1.54) is 45.3 Å². The van der Waals surface area contributed by atoms with Crippen molar-refractivity contribution in [2.75, 3.05) is 38.0 Å². The second-order valence-corrected chi connectivity index (χ2v) is 9.31. The quantitative estimate of drug-likeness (QED) is 0.505. The highest BCUT2D eigenvalue weighted by molar-refractivity contribution is 6.33. The Morgan fingerprint density at radius 3 is 2.94 bits per heavy atom.